The monoisotopic (exact) mass is 400 g/mol. The van der Waals surface area contributed by atoms with E-state index in [0.717, 1.165) is 38.1 Å². The van der Waals surface area contributed by atoms with Crippen molar-refractivity contribution in [3.05, 3.63) is 12.2 Å². The molecule has 1 aromatic rings. The highest BCUT2D eigenvalue weighted by molar-refractivity contribution is 5.79. The molecule has 0 radical (unpaired) electrons. The molecule has 29 heavy (non-hydrogen) atoms. The SMILES string of the molecule is O=C(C1CCCCCCCC1)N1CCCC1c1ncn(C2CCCCCCC2)n1. The normalized spacial score (nSPS) is 26.3. The van der Waals surface area contributed by atoms with Gasteiger partial charge in [0.2, 0.25) is 5.91 Å². The Morgan fingerprint density at radius 3 is 2.00 bits per heavy atom. The summed E-state index contributed by atoms with van der Waals surface area (Å²) in [7, 11) is 0. The summed E-state index contributed by atoms with van der Waals surface area (Å²) in [6, 6.07) is 0.599. The lowest BCUT2D eigenvalue weighted by Gasteiger charge is -2.27. The molecule has 1 saturated heterocycles. The smallest absolute Gasteiger partial charge is 0.226 e. The Labute approximate surface area is 176 Å². The van der Waals surface area contributed by atoms with Crippen LogP contribution in [0.25, 0.3) is 0 Å². The third kappa shape index (κ3) is 5.40. The lowest BCUT2D eigenvalue weighted by atomic mass is 9.95. The third-order valence-corrected chi connectivity index (χ3v) is 7.51. The Kier molecular flexibility index (Phi) is 7.61. The molecular formula is C24H40N4O. The first-order valence-electron chi connectivity index (χ1n) is 12.5. The van der Waals surface area contributed by atoms with Crippen molar-refractivity contribution in [3.8, 4) is 0 Å². The highest BCUT2D eigenvalue weighted by Gasteiger charge is 2.36. The highest BCUT2D eigenvalue weighted by Crippen LogP contribution is 2.34. The average molecular weight is 401 g/mol. The van der Waals surface area contributed by atoms with Gasteiger partial charge in [-0.05, 0) is 38.5 Å². The third-order valence-electron chi connectivity index (χ3n) is 7.51. The molecule has 3 aliphatic rings. The predicted octanol–water partition coefficient (Wildman–Crippen LogP) is 5.98. The van der Waals surface area contributed by atoms with Crippen LogP contribution >= 0.6 is 0 Å². The average Bonchev–Trinajstić information content (AvgIpc) is 3.38. The summed E-state index contributed by atoms with van der Waals surface area (Å²) in [4.78, 5) is 20.3. The molecule has 2 heterocycles. The second-order valence-corrected chi connectivity index (χ2v) is 9.67. The summed E-state index contributed by atoms with van der Waals surface area (Å²) in [5.74, 6) is 1.50. The van der Waals surface area contributed by atoms with Crippen LogP contribution in [0.15, 0.2) is 6.33 Å². The number of hydrogen-bond donors (Lipinski definition) is 0. The Hall–Kier alpha value is -1.39. The molecule has 5 nitrogen and oxygen atoms in total. The number of hydrogen-bond acceptors (Lipinski definition) is 3. The quantitative estimate of drug-likeness (QED) is 0.627. The first-order chi connectivity index (χ1) is 14.3. The zero-order valence-electron chi connectivity index (χ0n) is 18.2. The first kappa shape index (κ1) is 20.9. The van der Waals surface area contributed by atoms with Gasteiger partial charge in [0, 0.05) is 12.5 Å². The summed E-state index contributed by atoms with van der Waals surface area (Å²) in [5, 5.41) is 4.93. The van der Waals surface area contributed by atoms with Crippen molar-refractivity contribution in [2.75, 3.05) is 6.54 Å². The fraction of sp³-hybridized carbons (Fsp3) is 0.875. The van der Waals surface area contributed by atoms with Crippen molar-refractivity contribution in [2.45, 2.75) is 121 Å². The molecule has 3 fully saturated rings. The number of likely N-dealkylation sites (tertiary alicyclic amines) is 1. The van der Waals surface area contributed by atoms with Gasteiger partial charge in [-0.1, -0.05) is 70.6 Å². The van der Waals surface area contributed by atoms with Gasteiger partial charge in [-0.25, -0.2) is 9.67 Å². The molecule has 1 aromatic heterocycles. The number of rotatable bonds is 3. The van der Waals surface area contributed by atoms with E-state index in [2.05, 4.69) is 9.58 Å². The number of nitrogens with zero attached hydrogens (tertiary/aromatic N) is 4. The van der Waals surface area contributed by atoms with Gasteiger partial charge in [-0.3, -0.25) is 4.79 Å². The van der Waals surface area contributed by atoms with Gasteiger partial charge in [0.15, 0.2) is 5.82 Å². The number of amides is 1. The van der Waals surface area contributed by atoms with E-state index in [1.54, 1.807) is 0 Å². The molecule has 0 aromatic carbocycles. The fourth-order valence-corrected chi connectivity index (χ4v) is 5.73. The van der Waals surface area contributed by atoms with Crippen molar-refractivity contribution < 1.29 is 4.79 Å². The van der Waals surface area contributed by atoms with E-state index >= 15 is 0 Å². The standard InChI is InChI=1S/C24H40N4O/c29-24(20-13-8-4-1-2-5-9-14-20)27-18-12-17-22(27)23-25-19-28(26-23)21-15-10-6-3-7-11-16-21/h19-22H,1-18H2. The van der Waals surface area contributed by atoms with Gasteiger partial charge in [0.1, 0.15) is 6.33 Å². The van der Waals surface area contributed by atoms with Crippen molar-refractivity contribution in [1.82, 2.24) is 19.7 Å². The van der Waals surface area contributed by atoms with E-state index in [-0.39, 0.29) is 12.0 Å². The maximum absolute atomic E-state index is 13.4. The topological polar surface area (TPSA) is 51.0 Å². The Morgan fingerprint density at radius 1 is 0.759 bits per heavy atom. The van der Waals surface area contributed by atoms with E-state index < -0.39 is 0 Å². The van der Waals surface area contributed by atoms with E-state index in [9.17, 15) is 4.79 Å². The maximum atomic E-state index is 13.4. The summed E-state index contributed by atoms with van der Waals surface area (Å²) < 4.78 is 2.13. The molecule has 162 valence electrons. The minimum absolute atomic E-state index is 0.102. The molecular weight excluding hydrogens is 360 g/mol. The minimum Gasteiger partial charge on any atom is -0.332 e. The Bertz CT molecular complexity index is 625. The van der Waals surface area contributed by atoms with Crippen LogP contribution in [0, 0.1) is 5.92 Å². The predicted molar refractivity (Wildman–Crippen MR) is 115 cm³/mol. The van der Waals surface area contributed by atoms with Gasteiger partial charge in [0.25, 0.3) is 0 Å². The molecule has 1 unspecified atom stereocenters. The van der Waals surface area contributed by atoms with Crippen LogP contribution in [0.1, 0.15) is 127 Å². The molecule has 0 spiro atoms. The van der Waals surface area contributed by atoms with Gasteiger partial charge in [-0.15, -0.1) is 0 Å². The molecule has 1 atom stereocenters. The molecule has 4 rings (SSSR count). The summed E-state index contributed by atoms with van der Waals surface area (Å²) >= 11 is 0. The van der Waals surface area contributed by atoms with E-state index in [1.807, 2.05) is 6.33 Å². The second-order valence-electron chi connectivity index (χ2n) is 9.67. The highest BCUT2D eigenvalue weighted by atomic mass is 16.2. The summed E-state index contributed by atoms with van der Waals surface area (Å²) in [6.45, 7) is 0.887. The molecule has 1 aliphatic heterocycles. The molecule has 5 heteroatoms. The van der Waals surface area contributed by atoms with Crippen LogP contribution in [0.2, 0.25) is 0 Å². The van der Waals surface area contributed by atoms with Crippen molar-refractivity contribution in [3.63, 3.8) is 0 Å². The molecule has 2 saturated carbocycles. The van der Waals surface area contributed by atoms with Crippen molar-refractivity contribution >= 4 is 5.91 Å². The van der Waals surface area contributed by atoms with Crippen LogP contribution in [0.5, 0.6) is 0 Å². The van der Waals surface area contributed by atoms with Gasteiger partial charge in [0.05, 0.1) is 12.1 Å². The number of aromatic nitrogens is 3. The van der Waals surface area contributed by atoms with E-state index in [1.165, 1.54) is 83.5 Å². The second kappa shape index (κ2) is 10.6. The van der Waals surface area contributed by atoms with Crippen LogP contribution in [0.3, 0.4) is 0 Å². The largest absolute Gasteiger partial charge is 0.332 e. The van der Waals surface area contributed by atoms with E-state index in [4.69, 9.17) is 10.1 Å². The molecule has 0 N–H and O–H groups in total. The first-order valence-corrected chi connectivity index (χ1v) is 12.5. The zero-order chi connectivity index (χ0) is 19.9. The molecule has 0 bridgehead atoms. The van der Waals surface area contributed by atoms with Gasteiger partial charge in [-0.2, -0.15) is 5.10 Å². The van der Waals surface area contributed by atoms with Crippen LogP contribution in [-0.2, 0) is 4.79 Å². The molecule has 1 amide bonds. The zero-order valence-corrected chi connectivity index (χ0v) is 18.2. The minimum atomic E-state index is 0.102. The van der Waals surface area contributed by atoms with Crippen molar-refractivity contribution in [2.24, 2.45) is 5.92 Å². The fourth-order valence-electron chi connectivity index (χ4n) is 5.73. The van der Waals surface area contributed by atoms with E-state index in [0.29, 0.717) is 11.9 Å². The molecule has 2 aliphatic carbocycles. The number of carbonyl (C=O) groups excluding carboxylic acids is 1. The van der Waals surface area contributed by atoms with Crippen LogP contribution in [0.4, 0.5) is 0 Å². The number of carbonyl (C=O) groups is 1. The van der Waals surface area contributed by atoms with Gasteiger partial charge < -0.3 is 4.90 Å². The Morgan fingerprint density at radius 2 is 1.34 bits per heavy atom. The van der Waals surface area contributed by atoms with Crippen LogP contribution in [-0.4, -0.2) is 32.1 Å². The summed E-state index contributed by atoms with van der Waals surface area (Å²) in [6.07, 6.45) is 23.0. The Balaban J connectivity index is 1.42. The summed E-state index contributed by atoms with van der Waals surface area (Å²) in [5.41, 5.74) is 0. The van der Waals surface area contributed by atoms with Crippen LogP contribution < -0.4 is 0 Å². The maximum Gasteiger partial charge on any atom is 0.226 e. The lowest BCUT2D eigenvalue weighted by Crippen LogP contribution is -2.36. The van der Waals surface area contributed by atoms with Crippen molar-refractivity contribution in [1.29, 1.82) is 0 Å². The lowest BCUT2D eigenvalue weighted by molar-refractivity contribution is -0.137. The van der Waals surface area contributed by atoms with Gasteiger partial charge >= 0.3 is 0 Å².